The van der Waals surface area contributed by atoms with Crippen molar-refractivity contribution in [2.75, 3.05) is 45.2 Å². The third-order valence-electron chi connectivity index (χ3n) is 7.10. The van der Waals surface area contributed by atoms with Crippen LogP contribution in [0.25, 0.3) is 6.08 Å². The van der Waals surface area contributed by atoms with Crippen molar-refractivity contribution in [3.8, 4) is 0 Å². The molecule has 5 atom stereocenters. The standard InChI is InChI=1S/C29H43N3O5/c1-20-9-11-25(33)19-27(34)37-28(22(3)17-23-7-6-8-24(18-23)31(4)5)21(2)10-12-26(20)36-29(35)32-15-13-30-14-16-32/h6-8,10,12,17-18,20-21,25-26,28,30,33H,9,11,13-16,19H2,1-5H3/b12-10-,22-17+/t20-,21-,25+,26-,28-/m0/s1. The van der Waals surface area contributed by atoms with E-state index in [1.165, 1.54) is 0 Å². The molecule has 1 aromatic rings. The van der Waals surface area contributed by atoms with Gasteiger partial charge in [0.25, 0.3) is 0 Å². The molecule has 8 heteroatoms. The Morgan fingerprint density at radius 2 is 1.92 bits per heavy atom. The molecule has 0 saturated carbocycles. The number of esters is 1. The van der Waals surface area contributed by atoms with E-state index in [0.29, 0.717) is 25.9 Å². The van der Waals surface area contributed by atoms with Gasteiger partial charge in [-0.1, -0.05) is 38.1 Å². The molecular weight excluding hydrogens is 470 g/mol. The van der Waals surface area contributed by atoms with E-state index in [-0.39, 0.29) is 24.3 Å². The van der Waals surface area contributed by atoms with Gasteiger partial charge in [0.15, 0.2) is 0 Å². The van der Waals surface area contributed by atoms with Crippen LogP contribution in [-0.2, 0) is 14.3 Å². The van der Waals surface area contributed by atoms with Crippen molar-refractivity contribution in [2.24, 2.45) is 11.8 Å². The number of aliphatic hydroxyl groups excluding tert-OH is 1. The predicted molar refractivity (Wildman–Crippen MR) is 146 cm³/mol. The molecule has 2 aliphatic heterocycles. The van der Waals surface area contributed by atoms with Gasteiger partial charge in [0, 0.05) is 51.9 Å². The smallest absolute Gasteiger partial charge is 0.410 e. The highest BCUT2D eigenvalue weighted by Gasteiger charge is 2.28. The number of amides is 1. The van der Waals surface area contributed by atoms with E-state index in [1.807, 2.05) is 76.2 Å². The van der Waals surface area contributed by atoms with Crippen molar-refractivity contribution >= 4 is 23.8 Å². The van der Waals surface area contributed by atoms with E-state index in [0.717, 1.165) is 29.9 Å². The number of nitrogens with one attached hydrogen (secondary N) is 1. The number of benzene rings is 1. The van der Waals surface area contributed by atoms with Crippen molar-refractivity contribution in [2.45, 2.75) is 58.3 Å². The lowest BCUT2D eigenvalue weighted by Gasteiger charge is -2.31. The predicted octanol–water partition coefficient (Wildman–Crippen LogP) is 3.85. The molecule has 204 valence electrons. The Labute approximate surface area is 221 Å². The van der Waals surface area contributed by atoms with E-state index in [4.69, 9.17) is 9.47 Å². The van der Waals surface area contributed by atoms with Crippen LogP contribution in [0.5, 0.6) is 0 Å². The summed E-state index contributed by atoms with van der Waals surface area (Å²) in [5, 5.41) is 13.7. The van der Waals surface area contributed by atoms with Crippen LogP contribution in [0.15, 0.2) is 42.0 Å². The third kappa shape index (κ3) is 8.61. The molecule has 1 aromatic carbocycles. The van der Waals surface area contributed by atoms with Crippen LogP contribution in [0, 0.1) is 11.8 Å². The Kier molecular flexibility index (Phi) is 10.6. The molecule has 2 N–H and O–H groups in total. The van der Waals surface area contributed by atoms with E-state index >= 15 is 0 Å². The first-order valence-electron chi connectivity index (χ1n) is 13.3. The molecular formula is C29H43N3O5. The monoisotopic (exact) mass is 513 g/mol. The number of nitrogens with zero attached hydrogens (tertiary/aromatic N) is 2. The lowest BCUT2D eigenvalue weighted by atomic mass is 9.91. The van der Waals surface area contributed by atoms with Crippen LogP contribution in [0.1, 0.15) is 45.6 Å². The molecule has 8 nitrogen and oxygen atoms in total. The summed E-state index contributed by atoms with van der Waals surface area (Å²) in [7, 11) is 3.99. The molecule has 0 spiro atoms. The number of aliphatic hydroxyl groups is 1. The summed E-state index contributed by atoms with van der Waals surface area (Å²) < 4.78 is 11.8. The molecule has 1 amide bonds. The van der Waals surface area contributed by atoms with E-state index < -0.39 is 24.3 Å². The number of rotatable bonds is 4. The average Bonchev–Trinajstić information content (AvgIpc) is 2.87. The molecule has 1 fully saturated rings. The zero-order chi connectivity index (χ0) is 26.9. The van der Waals surface area contributed by atoms with Crippen LogP contribution >= 0.6 is 0 Å². The maximum Gasteiger partial charge on any atom is 0.410 e. The van der Waals surface area contributed by atoms with Gasteiger partial charge in [-0.15, -0.1) is 0 Å². The molecule has 0 radical (unpaired) electrons. The maximum atomic E-state index is 12.8. The Hall–Kier alpha value is -2.84. The van der Waals surface area contributed by atoms with E-state index in [9.17, 15) is 14.7 Å². The third-order valence-corrected chi connectivity index (χ3v) is 7.10. The van der Waals surface area contributed by atoms with E-state index in [1.54, 1.807) is 4.90 Å². The summed E-state index contributed by atoms with van der Waals surface area (Å²) in [5.41, 5.74) is 2.99. The molecule has 2 heterocycles. The molecule has 0 unspecified atom stereocenters. The highest BCUT2D eigenvalue weighted by atomic mass is 16.6. The van der Waals surface area contributed by atoms with Gasteiger partial charge in [0.1, 0.15) is 12.2 Å². The lowest BCUT2D eigenvalue weighted by Crippen LogP contribution is -2.47. The number of piperazine rings is 1. The van der Waals surface area contributed by atoms with Crippen LogP contribution in [0.3, 0.4) is 0 Å². The number of ether oxygens (including phenoxy) is 2. The number of hydrogen-bond donors (Lipinski definition) is 2. The molecule has 2 aliphatic rings. The number of hydrogen-bond acceptors (Lipinski definition) is 7. The SMILES string of the molecule is C/C(=C\c1cccc(N(C)C)c1)[C@H]1OC(=O)C[C@H](O)CC[C@H](C)[C@@H](OC(=O)N2CCNCC2)/C=C\[C@@H]1C. The fraction of sp³-hybridized carbons (Fsp3) is 0.586. The normalized spacial score (nSPS) is 28.9. The van der Waals surface area contributed by atoms with Crippen LogP contribution < -0.4 is 10.2 Å². The summed E-state index contributed by atoms with van der Waals surface area (Å²) in [6.07, 6.45) is 4.85. The number of carbonyl (C=O) groups is 2. The number of anilines is 1. The molecule has 0 bridgehead atoms. The van der Waals surface area contributed by atoms with Gasteiger partial charge in [0.05, 0.1) is 12.5 Å². The van der Waals surface area contributed by atoms with Crippen LogP contribution in [0.4, 0.5) is 10.5 Å². The fourth-order valence-electron chi connectivity index (χ4n) is 4.73. The van der Waals surface area contributed by atoms with Gasteiger partial charge in [-0.25, -0.2) is 4.79 Å². The minimum absolute atomic E-state index is 0.00993. The Balaban J connectivity index is 1.85. The highest BCUT2D eigenvalue weighted by molar-refractivity contribution is 5.71. The zero-order valence-electron chi connectivity index (χ0n) is 22.9. The van der Waals surface area contributed by atoms with Crippen LogP contribution in [-0.4, -0.2) is 80.7 Å². The number of cyclic esters (lactones) is 1. The van der Waals surface area contributed by atoms with Gasteiger partial charge in [-0.3, -0.25) is 4.79 Å². The zero-order valence-corrected chi connectivity index (χ0v) is 22.9. The van der Waals surface area contributed by atoms with Gasteiger partial charge in [-0.05, 0) is 55.0 Å². The largest absolute Gasteiger partial charge is 0.457 e. The van der Waals surface area contributed by atoms with Gasteiger partial charge in [-0.2, -0.15) is 0 Å². The average molecular weight is 514 g/mol. The topological polar surface area (TPSA) is 91.3 Å². The van der Waals surface area contributed by atoms with Crippen LogP contribution in [0.2, 0.25) is 0 Å². The van der Waals surface area contributed by atoms with Gasteiger partial charge < -0.3 is 29.7 Å². The minimum Gasteiger partial charge on any atom is -0.457 e. The van der Waals surface area contributed by atoms with E-state index in [2.05, 4.69) is 11.4 Å². The molecule has 1 saturated heterocycles. The minimum atomic E-state index is -0.806. The second-order valence-electron chi connectivity index (χ2n) is 10.5. The van der Waals surface area contributed by atoms with Crippen molar-refractivity contribution in [1.82, 2.24) is 10.2 Å². The van der Waals surface area contributed by atoms with Gasteiger partial charge >= 0.3 is 12.1 Å². The molecule has 0 aromatic heterocycles. The quantitative estimate of drug-likeness (QED) is 0.467. The summed E-state index contributed by atoms with van der Waals surface area (Å²) in [6, 6.07) is 8.14. The Morgan fingerprint density at radius 1 is 1.19 bits per heavy atom. The number of carbonyl (C=O) groups excluding carboxylic acids is 2. The molecule has 37 heavy (non-hydrogen) atoms. The van der Waals surface area contributed by atoms with Gasteiger partial charge in [0.2, 0.25) is 0 Å². The van der Waals surface area contributed by atoms with Crippen molar-refractivity contribution < 1.29 is 24.2 Å². The molecule has 0 aliphatic carbocycles. The summed E-state index contributed by atoms with van der Waals surface area (Å²) in [5.74, 6) is -0.590. The van der Waals surface area contributed by atoms with Crippen molar-refractivity contribution in [3.63, 3.8) is 0 Å². The first kappa shape index (κ1) is 28.7. The van der Waals surface area contributed by atoms with Crippen molar-refractivity contribution in [3.05, 3.63) is 47.6 Å². The lowest BCUT2D eigenvalue weighted by molar-refractivity contribution is -0.151. The second-order valence-corrected chi connectivity index (χ2v) is 10.5. The first-order valence-corrected chi connectivity index (χ1v) is 13.3. The molecule has 3 rings (SSSR count). The summed E-state index contributed by atoms with van der Waals surface area (Å²) in [6.45, 7) is 8.71. The van der Waals surface area contributed by atoms with Crippen molar-refractivity contribution in [1.29, 1.82) is 0 Å². The Bertz CT molecular complexity index is 970. The fourth-order valence-corrected chi connectivity index (χ4v) is 4.73. The highest BCUT2D eigenvalue weighted by Crippen LogP contribution is 2.26. The Morgan fingerprint density at radius 3 is 2.62 bits per heavy atom. The summed E-state index contributed by atoms with van der Waals surface area (Å²) in [4.78, 5) is 29.3. The first-order chi connectivity index (χ1) is 17.6. The summed E-state index contributed by atoms with van der Waals surface area (Å²) >= 11 is 0. The maximum absolute atomic E-state index is 12.8. The second kappa shape index (κ2) is 13.6.